The minimum absolute atomic E-state index is 0.115. The maximum Gasteiger partial charge on any atom is 0.265 e. The third-order valence-electron chi connectivity index (χ3n) is 5.61. The highest BCUT2D eigenvalue weighted by molar-refractivity contribution is 7.13. The first-order chi connectivity index (χ1) is 16.9. The van der Waals surface area contributed by atoms with Crippen molar-refractivity contribution in [3.63, 3.8) is 0 Å². The van der Waals surface area contributed by atoms with Crippen LogP contribution < -0.4 is 15.0 Å². The summed E-state index contributed by atoms with van der Waals surface area (Å²) in [5, 5.41) is 6.29. The van der Waals surface area contributed by atoms with Crippen molar-refractivity contribution in [1.29, 1.82) is 0 Å². The van der Waals surface area contributed by atoms with E-state index in [0.717, 1.165) is 33.0 Å². The van der Waals surface area contributed by atoms with Gasteiger partial charge in [0, 0.05) is 22.2 Å². The average molecular weight is 504 g/mol. The third kappa shape index (κ3) is 4.92. The third-order valence-corrected chi connectivity index (χ3v) is 6.82. The van der Waals surface area contributed by atoms with Gasteiger partial charge >= 0.3 is 0 Å². The van der Waals surface area contributed by atoms with Crippen molar-refractivity contribution < 1.29 is 14.3 Å². The van der Waals surface area contributed by atoms with Crippen LogP contribution in [-0.4, -0.2) is 29.9 Å². The molecular formula is C27H22ClN3O3S. The van der Waals surface area contributed by atoms with Crippen LogP contribution in [0.25, 0.3) is 21.8 Å². The van der Waals surface area contributed by atoms with E-state index in [2.05, 4.69) is 5.32 Å². The van der Waals surface area contributed by atoms with E-state index in [1.54, 1.807) is 6.07 Å². The van der Waals surface area contributed by atoms with Crippen LogP contribution in [0.4, 0.5) is 11.4 Å². The van der Waals surface area contributed by atoms with E-state index in [1.807, 2.05) is 73.8 Å². The van der Waals surface area contributed by atoms with E-state index in [-0.39, 0.29) is 25.0 Å². The zero-order valence-electron chi connectivity index (χ0n) is 19.2. The first kappa shape index (κ1) is 23.1. The lowest BCUT2D eigenvalue weighted by Gasteiger charge is -2.29. The first-order valence-electron chi connectivity index (χ1n) is 11.0. The Morgan fingerprint density at radius 2 is 1.89 bits per heavy atom. The van der Waals surface area contributed by atoms with Gasteiger partial charge in [0.2, 0.25) is 5.91 Å². The van der Waals surface area contributed by atoms with E-state index in [1.165, 1.54) is 16.2 Å². The summed E-state index contributed by atoms with van der Waals surface area (Å²) in [5.74, 6) is -0.00867. The van der Waals surface area contributed by atoms with E-state index >= 15 is 0 Å². The number of ether oxygens (including phenoxy) is 1. The average Bonchev–Trinajstić information content (AvgIpc) is 3.30. The predicted molar refractivity (Wildman–Crippen MR) is 140 cm³/mol. The van der Waals surface area contributed by atoms with Crippen LogP contribution in [0, 0.1) is 13.8 Å². The summed E-state index contributed by atoms with van der Waals surface area (Å²) in [6.45, 7) is 3.72. The number of nitrogens with one attached hydrogen (secondary N) is 1. The molecule has 3 aromatic carbocycles. The molecule has 0 saturated carbocycles. The Kier molecular flexibility index (Phi) is 6.28. The van der Waals surface area contributed by atoms with Gasteiger partial charge in [-0.15, -0.1) is 11.3 Å². The normalized spacial score (nSPS) is 12.8. The molecule has 0 bridgehead atoms. The summed E-state index contributed by atoms with van der Waals surface area (Å²) >= 11 is 7.83. The molecule has 8 heteroatoms. The maximum absolute atomic E-state index is 12.8. The highest BCUT2D eigenvalue weighted by Crippen LogP contribution is 2.38. The number of aryl methyl sites for hydroxylation is 2. The number of carbonyl (C=O) groups is 2. The number of thiazole rings is 1. The molecule has 2 amide bonds. The zero-order valence-corrected chi connectivity index (χ0v) is 20.7. The molecule has 1 aliphatic rings. The number of aromatic nitrogens is 1. The van der Waals surface area contributed by atoms with Crippen LogP contribution in [0.3, 0.4) is 0 Å². The molecule has 1 N–H and O–H groups in total. The van der Waals surface area contributed by atoms with Crippen molar-refractivity contribution in [2.45, 2.75) is 13.8 Å². The highest BCUT2D eigenvalue weighted by atomic mass is 35.5. The van der Waals surface area contributed by atoms with Crippen molar-refractivity contribution in [1.82, 2.24) is 4.98 Å². The SMILES string of the molecule is Cc1cc(C)cc(NC(=O)CN2C(=O)COc3ccc(-c4csc(-c5ccccc5Cl)n4)cc32)c1. The molecule has 0 spiro atoms. The van der Waals surface area contributed by atoms with Crippen molar-refractivity contribution in [2.24, 2.45) is 0 Å². The number of hydrogen-bond acceptors (Lipinski definition) is 5. The van der Waals surface area contributed by atoms with E-state index in [9.17, 15) is 9.59 Å². The van der Waals surface area contributed by atoms with Crippen LogP contribution in [0.15, 0.2) is 66.0 Å². The topological polar surface area (TPSA) is 71.5 Å². The lowest BCUT2D eigenvalue weighted by molar-refractivity contribution is -0.123. The molecule has 6 nitrogen and oxygen atoms in total. The van der Waals surface area contributed by atoms with Crippen LogP contribution >= 0.6 is 22.9 Å². The number of anilines is 2. The Morgan fingerprint density at radius 3 is 2.66 bits per heavy atom. The fraction of sp³-hybridized carbons (Fsp3) is 0.148. The molecule has 176 valence electrons. The number of halogens is 1. The van der Waals surface area contributed by atoms with Gasteiger partial charge in [0.1, 0.15) is 17.3 Å². The molecule has 5 rings (SSSR count). The Bertz CT molecular complexity index is 1430. The standard InChI is InChI=1S/C27H22ClN3O3S/c1-16-9-17(2)11-19(10-16)29-25(32)13-31-23-12-18(7-8-24(23)34-14-26(31)33)22-15-35-27(30-22)20-5-3-4-6-21(20)28/h3-12,15H,13-14H2,1-2H3,(H,29,32). The predicted octanol–water partition coefficient (Wildman–Crippen LogP) is 6.11. The first-order valence-corrected chi connectivity index (χ1v) is 12.3. The van der Waals surface area contributed by atoms with Crippen molar-refractivity contribution >= 4 is 46.1 Å². The van der Waals surface area contributed by atoms with Crippen LogP contribution in [0.1, 0.15) is 11.1 Å². The molecule has 35 heavy (non-hydrogen) atoms. The molecule has 0 unspecified atom stereocenters. The summed E-state index contributed by atoms with van der Waals surface area (Å²) in [5.41, 5.74) is 5.79. The minimum Gasteiger partial charge on any atom is -0.482 e. The lowest BCUT2D eigenvalue weighted by Crippen LogP contribution is -2.43. The molecule has 0 atom stereocenters. The molecule has 1 aliphatic heterocycles. The molecule has 1 aromatic heterocycles. The van der Waals surface area contributed by atoms with Gasteiger partial charge in [-0.25, -0.2) is 4.98 Å². The minimum atomic E-state index is -0.281. The molecule has 4 aromatic rings. The van der Waals surface area contributed by atoms with Gasteiger partial charge in [0.25, 0.3) is 5.91 Å². The van der Waals surface area contributed by atoms with Crippen molar-refractivity contribution in [2.75, 3.05) is 23.4 Å². The van der Waals surface area contributed by atoms with Gasteiger partial charge in [-0.05, 0) is 61.4 Å². The van der Waals surface area contributed by atoms with E-state index in [4.69, 9.17) is 21.3 Å². The summed E-state index contributed by atoms with van der Waals surface area (Å²) in [6.07, 6.45) is 0. The van der Waals surface area contributed by atoms with Gasteiger partial charge in [-0.3, -0.25) is 14.5 Å². The largest absolute Gasteiger partial charge is 0.482 e. The molecule has 0 saturated heterocycles. The van der Waals surface area contributed by atoms with E-state index < -0.39 is 0 Å². The number of amides is 2. The second-order valence-corrected chi connectivity index (χ2v) is 9.66. The van der Waals surface area contributed by atoms with Gasteiger partial charge in [0.05, 0.1) is 16.4 Å². The second-order valence-electron chi connectivity index (χ2n) is 8.39. The Balaban J connectivity index is 1.41. The second kappa shape index (κ2) is 9.52. The number of benzene rings is 3. The Labute approximate surface area is 212 Å². The van der Waals surface area contributed by atoms with Gasteiger partial charge in [-0.1, -0.05) is 35.9 Å². The fourth-order valence-corrected chi connectivity index (χ4v) is 5.24. The number of hydrogen-bond donors (Lipinski definition) is 1. The number of carbonyl (C=O) groups excluding carboxylic acids is 2. The summed E-state index contributed by atoms with van der Waals surface area (Å²) in [4.78, 5) is 31.8. The quantitative estimate of drug-likeness (QED) is 0.356. The lowest BCUT2D eigenvalue weighted by atomic mass is 10.1. The van der Waals surface area contributed by atoms with Crippen LogP contribution in [0.5, 0.6) is 5.75 Å². The molecule has 0 fully saturated rings. The monoisotopic (exact) mass is 503 g/mol. The number of nitrogens with zero attached hydrogens (tertiary/aromatic N) is 2. The zero-order chi connectivity index (χ0) is 24.5. The molecular weight excluding hydrogens is 482 g/mol. The Hall–Kier alpha value is -3.68. The van der Waals surface area contributed by atoms with Crippen molar-refractivity contribution in [3.05, 3.63) is 82.2 Å². The summed E-state index contributed by atoms with van der Waals surface area (Å²) < 4.78 is 5.62. The van der Waals surface area contributed by atoms with Gasteiger partial charge in [0.15, 0.2) is 6.61 Å². The molecule has 2 heterocycles. The fourth-order valence-electron chi connectivity index (χ4n) is 4.09. The van der Waals surface area contributed by atoms with Crippen molar-refractivity contribution in [3.8, 4) is 27.6 Å². The van der Waals surface area contributed by atoms with Crippen LogP contribution in [0.2, 0.25) is 5.02 Å². The smallest absolute Gasteiger partial charge is 0.265 e. The Morgan fingerprint density at radius 1 is 1.11 bits per heavy atom. The summed E-state index contributed by atoms with van der Waals surface area (Å²) in [6, 6.07) is 18.9. The molecule has 0 aliphatic carbocycles. The van der Waals surface area contributed by atoms with Crippen LogP contribution in [-0.2, 0) is 9.59 Å². The summed E-state index contributed by atoms with van der Waals surface area (Å²) in [7, 11) is 0. The van der Waals surface area contributed by atoms with E-state index in [0.29, 0.717) is 22.1 Å². The number of rotatable bonds is 5. The maximum atomic E-state index is 12.8. The highest BCUT2D eigenvalue weighted by Gasteiger charge is 2.28. The number of fused-ring (bicyclic) bond motifs is 1. The molecule has 0 radical (unpaired) electrons. The van der Waals surface area contributed by atoms with Gasteiger partial charge in [-0.2, -0.15) is 0 Å². The van der Waals surface area contributed by atoms with Gasteiger partial charge < -0.3 is 10.1 Å².